The molecule has 3 heteroatoms. The van der Waals surface area contributed by atoms with E-state index in [1.165, 1.54) is 21.4 Å². The number of thioether (sulfide) groups is 1. The summed E-state index contributed by atoms with van der Waals surface area (Å²) in [4.78, 5) is 4.55. The van der Waals surface area contributed by atoms with E-state index in [4.69, 9.17) is 0 Å². The standard InChI is InChI=1S/C17H18N2S/c1-2-4-16(5-3-1)20-11-10-18-13-14-6-7-17-15(12-14)8-9-19-17/h1-9,12,18-19H,10-11,13H2. The van der Waals surface area contributed by atoms with Gasteiger partial charge in [0.2, 0.25) is 0 Å². The molecule has 0 spiro atoms. The maximum absolute atomic E-state index is 3.50. The lowest BCUT2D eigenvalue weighted by Gasteiger charge is -2.05. The van der Waals surface area contributed by atoms with Gasteiger partial charge in [0.25, 0.3) is 0 Å². The fourth-order valence-electron chi connectivity index (χ4n) is 2.20. The zero-order valence-corrected chi connectivity index (χ0v) is 12.1. The molecule has 3 rings (SSSR count). The molecule has 0 amide bonds. The molecule has 0 unspecified atom stereocenters. The molecule has 2 aromatic carbocycles. The first-order chi connectivity index (χ1) is 9.92. The van der Waals surface area contributed by atoms with Crippen LogP contribution in [0.15, 0.2) is 65.7 Å². The van der Waals surface area contributed by atoms with Crippen molar-refractivity contribution in [3.63, 3.8) is 0 Å². The maximum Gasteiger partial charge on any atom is 0.0454 e. The summed E-state index contributed by atoms with van der Waals surface area (Å²) < 4.78 is 0. The van der Waals surface area contributed by atoms with E-state index in [0.29, 0.717) is 0 Å². The first-order valence-electron chi connectivity index (χ1n) is 6.86. The van der Waals surface area contributed by atoms with Crippen molar-refractivity contribution >= 4 is 22.7 Å². The van der Waals surface area contributed by atoms with Gasteiger partial charge in [-0.05, 0) is 41.3 Å². The van der Waals surface area contributed by atoms with Gasteiger partial charge in [0.05, 0.1) is 0 Å². The highest BCUT2D eigenvalue weighted by atomic mass is 32.2. The topological polar surface area (TPSA) is 27.8 Å². The van der Waals surface area contributed by atoms with Gasteiger partial charge in [-0.3, -0.25) is 0 Å². The van der Waals surface area contributed by atoms with Crippen molar-refractivity contribution in [2.75, 3.05) is 12.3 Å². The Morgan fingerprint density at radius 1 is 1.00 bits per heavy atom. The average Bonchev–Trinajstić information content (AvgIpc) is 2.95. The van der Waals surface area contributed by atoms with Crippen LogP contribution in [0.25, 0.3) is 10.9 Å². The lowest BCUT2D eigenvalue weighted by Crippen LogP contribution is -2.16. The highest BCUT2D eigenvalue weighted by molar-refractivity contribution is 7.99. The number of benzene rings is 2. The van der Waals surface area contributed by atoms with E-state index in [-0.39, 0.29) is 0 Å². The molecular weight excluding hydrogens is 264 g/mol. The Balaban J connectivity index is 1.43. The molecule has 2 nitrogen and oxygen atoms in total. The van der Waals surface area contributed by atoms with Gasteiger partial charge in [-0.15, -0.1) is 11.8 Å². The van der Waals surface area contributed by atoms with Crippen LogP contribution in [0.2, 0.25) is 0 Å². The number of fused-ring (bicyclic) bond motifs is 1. The van der Waals surface area contributed by atoms with Gasteiger partial charge in [0.1, 0.15) is 0 Å². The van der Waals surface area contributed by atoms with E-state index in [2.05, 4.69) is 64.9 Å². The number of hydrogen-bond donors (Lipinski definition) is 2. The Hall–Kier alpha value is -1.71. The Labute approximate surface area is 123 Å². The zero-order valence-electron chi connectivity index (χ0n) is 11.3. The molecule has 0 aliphatic heterocycles. The zero-order chi connectivity index (χ0) is 13.6. The van der Waals surface area contributed by atoms with Crippen LogP contribution in [-0.2, 0) is 6.54 Å². The van der Waals surface area contributed by atoms with Crippen molar-refractivity contribution in [3.05, 3.63) is 66.4 Å². The first kappa shape index (κ1) is 13.3. The first-order valence-corrected chi connectivity index (χ1v) is 7.85. The second-order valence-electron chi connectivity index (χ2n) is 4.74. The summed E-state index contributed by atoms with van der Waals surface area (Å²) >= 11 is 1.89. The quantitative estimate of drug-likeness (QED) is 0.527. The Morgan fingerprint density at radius 2 is 1.90 bits per heavy atom. The molecule has 1 aromatic heterocycles. The van der Waals surface area contributed by atoms with Crippen LogP contribution in [0.3, 0.4) is 0 Å². The summed E-state index contributed by atoms with van der Waals surface area (Å²) in [7, 11) is 0. The fourth-order valence-corrected chi connectivity index (χ4v) is 3.03. The van der Waals surface area contributed by atoms with E-state index < -0.39 is 0 Å². The van der Waals surface area contributed by atoms with Crippen molar-refractivity contribution in [1.82, 2.24) is 10.3 Å². The van der Waals surface area contributed by atoms with Crippen molar-refractivity contribution in [1.29, 1.82) is 0 Å². The molecule has 0 aliphatic rings. The third-order valence-corrected chi connectivity index (χ3v) is 4.25. The normalized spacial score (nSPS) is 11.0. The molecule has 2 N–H and O–H groups in total. The second kappa shape index (κ2) is 6.64. The van der Waals surface area contributed by atoms with Crippen LogP contribution in [-0.4, -0.2) is 17.3 Å². The predicted molar refractivity (Wildman–Crippen MR) is 87.2 cm³/mol. The summed E-state index contributed by atoms with van der Waals surface area (Å²) in [6, 6.07) is 19.2. The number of hydrogen-bond acceptors (Lipinski definition) is 2. The minimum Gasteiger partial charge on any atom is -0.361 e. The lowest BCUT2D eigenvalue weighted by atomic mass is 10.1. The number of rotatable bonds is 6. The van der Waals surface area contributed by atoms with Crippen molar-refractivity contribution in [2.45, 2.75) is 11.4 Å². The molecule has 0 fully saturated rings. The van der Waals surface area contributed by atoms with E-state index in [1.54, 1.807) is 0 Å². The Bertz CT molecular complexity index is 661. The van der Waals surface area contributed by atoms with Crippen LogP contribution in [0.4, 0.5) is 0 Å². The van der Waals surface area contributed by atoms with E-state index in [0.717, 1.165) is 18.8 Å². The van der Waals surface area contributed by atoms with Gasteiger partial charge >= 0.3 is 0 Å². The van der Waals surface area contributed by atoms with Crippen LogP contribution < -0.4 is 5.32 Å². The molecule has 0 aliphatic carbocycles. The predicted octanol–water partition coefficient (Wildman–Crippen LogP) is 4.05. The molecule has 0 atom stereocenters. The Morgan fingerprint density at radius 3 is 2.80 bits per heavy atom. The van der Waals surface area contributed by atoms with Crippen molar-refractivity contribution in [2.24, 2.45) is 0 Å². The molecule has 0 radical (unpaired) electrons. The van der Waals surface area contributed by atoms with Gasteiger partial charge in [0.15, 0.2) is 0 Å². The summed E-state index contributed by atoms with van der Waals surface area (Å²) in [6.07, 6.45) is 1.98. The van der Waals surface area contributed by atoms with Gasteiger partial charge in [-0.2, -0.15) is 0 Å². The van der Waals surface area contributed by atoms with Gasteiger partial charge in [-0.25, -0.2) is 0 Å². The SMILES string of the molecule is c1ccc(SCCNCc2ccc3[nH]ccc3c2)cc1. The molecule has 0 saturated heterocycles. The van der Waals surface area contributed by atoms with Crippen LogP contribution in [0, 0.1) is 0 Å². The van der Waals surface area contributed by atoms with Crippen LogP contribution in [0.1, 0.15) is 5.56 Å². The molecule has 20 heavy (non-hydrogen) atoms. The van der Waals surface area contributed by atoms with Gasteiger partial charge < -0.3 is 10.3 Å². The summed E-state index contributed by atoms with van der Waals surface area (Å²) in [5, 5.41) is 4.78. The van der Waals surface area contributed by atoms with Crippen molar-refractivity contribution < 1.29 is 0 Å². The third kappa shape index (κ3) is 3.44. The molecule has 102 valence electrons. The second-order valence-corrected chi connectivity index (χ2v) is 5.91. The largest absolute Gasteiger partial charge is 0.361 e. The monoisotopic (exact) mass is 282 g/mol. The van der Waals surface area contributed by atoms with E-state index in [1.807, 2.05) is 18.0 Å². The molecule has 1 heterocycles. The van der Waals surface area contributed by atoms with E-state index >= 15 is 0 Å². The smallest absolute Gasteiger partial charge is 0.0454 e. The lowest BCUT2D eigenvalue weighted by molar-refractivity contribution is 0.733. The molecular formula is C17H18N2S. The highest BCUT2D eigenvalue weighted by Gasteiger charge is 1.97. The van der Waals surface area contributed by atoms with Crippen molar-refractivity contribution in [3.8, 4) is 0 Å². The summed E-state index contributed by atoms with van der Waals surface area (Å²) in [5.74, 6) is 1.09. The van der Waals surface area contributed by atoms with E-state index in [9.17, 15) is 0 Å². The van der Waals surface area contributed by atoms with Gasteiger partial charge in [0, 0.05) is 35.5 Å². The Kier molecular flexibility index (Phi) is 4.41. The average molecular weight is 282 g/mol. The minimum atomic E-state index is 0.927. The molecule has 0 saturated carbocycles. The maximum atomic E-state index is 3.50. The fraction of sp³-hybridized carbons (Fsp3) is 0.176. The van der Waals surface area contributed by atoms with Crippen LogP contribution in [0.5, 0.6) is 0 Å². The summed E-state index contributed by atoms with van der Waals surface area (Å²) in [5.41, 5.74) is 2.54. The molecule has 0 bridgehead atoms. The highest BCUT2D eigenvalue weighted by Crippen LogP contribution is 2.16. The third-order valence-electron chi connectivity index (χ3n) is 3.24. The number of H-pyrrole nitrogens is 1. The van der Waals surface area contributed by atoms with Crippen LogP contribution >= 0.6 is 11.8 Å². The minimum absolute atomic E-state index is 0.927. The molecule has 3 aromatic rings. The summed E-state index contributed by atoms with van der Waals surface area (Å²) in [6.45, 7) is 1.95. The van der Waals surface area contributed by atoms with Gasteiger partial charge in [-0.1, -0.05) is 24.3 Å². The number of aromatic nitrogens is 1. The number of nitrogens with one attached hydrogen (secondary N) is 2. The number of aromatic amines is 1.